The molecule has 0 unspecified atom stereocenters. The number of hydrogen-bond acceptors (Lipinski definition) is 4. The summed E-state index contributed by atoms with van der Waals surface area (Å²) in [6, 6.07) is 15.2. The van der Waals surface area contributed by atoms with Crippen molar-refractivity contribution in [3.05, 3.63) is 82.9 Å². The molecule has 0 fully saturated rings. The molecule has 1 N–H and O–H groups in total. The average Bonchev–Trinajstić information content (AvgIpc) is 2.78. The van der Waals surface area contributed by atoms with Gasteiger partial charge in [0, 0.05) is 17.7 Å². The molecule has 2 aromatic rings. The maximum absolute atomic E-state index is 12.7. The van der Waals surface area contributed by atoms with Gasteiger partial charge in [-0.05, 0) is 38.2 Å². The van der Waals surface area contributed by atoms with Gasteiger partial charge in [0.2, 0.25) is 0 Å². The fourth-order valence-electron chi connectivity index (χ4n) is 3.36. The minimum absolute atomic E-state index is 0.154. The largest absolute Gasteiger partial charge is 0.452 e. The molecule has 3 rings (SSSR count). The Morgan fingerprint density at radius 2 is 1.62 bits per heavy atom. The van der Waals surface area contributed by atoms with Crippen molar-refractivity contribution < 1.29 is 19.1 Å². The fourth-order valence-corrected chi connectivity index (χ4v) is 3.36. The molecule has 0 spiro atoms. The highest BCUT2D eigenvalue weighted by Crippen LogP contribution is 2.19. The molecule has 1 aliphatic rings. The van der Waals surface area contributed by atoms with Crippen molar-refractivity contribution in [1.82, 2.24) is 5.32 Å². The minimum atomic E-state index is -0.685. The first kappa shape index (κ1) is 20.5. The van der Waals surface area contributed by atoms with Crippen molar-refractivity contribution in [2.75, 3.05) is 13.2 Å². The van der Waals surface area contributed by atoms with Crippen molar-refractivity contribution in [2.24, 2.45) is 0 Å². The number of carbonyl (C=O) groups is 3. The summed E-state index contributed by atoms with van der Waals surface area (Å²) in [5, 5.41) is 2.78. The summed E-state index contributed by atoms with van der Waals surface area (Å²) < 4.78 is 5.14. The predicted octanol–water partition coefficient (Wildman–Crippen LogP) is 4.08. The Morgan fingerprint density at radius 1 is 0.897 bits per heavy atom. The van der Waals surface area contributed by atoms with E-state index in [4.69, 9.17) is 4.74 Å². The second-order valence-corrected chi connectivity index (χ2v) is 7.02. The Balaban J connectivity index is 1.53. The van der Waals surface area contributed by atoms with Crippen LogP contribution in [0, 0.1) is 0 Å². The molecule has 0 saturated heterocycles. The third kappa shape index (κ3) is 5.88. The van der Waals surface area contributed by atoms with E-state index in [1.54, 1.807) is 42.5 Å². The van der Waals surface area contributed by atoms with Crippen molar-refractivity contribution in [3.63, 3.8) is 0 Å². The topological polar surface area (TPSA) is 72.5 Å². The molecule has 0 saturated carbocycles. The number of nitrogens with one attached hydrogen (secondary N) is 1. The van der Waals surface area contributed by atoms with E-state index in [-0.39, 0.29) is 29.4 Å². The number of esters is 1. The molecular formula is C24H25NO4. The summed E-state index contributed by atoms with van der Waals surface area (Å²) in [6.45, 7) is 0.164. The van der Waals surface area contributed by atoms with Crippen molar-refractivity contribution >= 4 is 17.7 Å². The van der Waals surface area contributed by atoms with Crippen LogP contribution in [-0.2, 0) is 9.53 Å². The van der Waals surface area contributed by atoms with E-state index < -0.39 is 5.97 Å². The lowest BCUT2D eigenvalue weighted by Crippen LogP contribution is -2.30. The quantitative estimate of drug-likeness (QED) is 0.418. The van der Waals surface area contributed by atoms with E-state index >= 15 is 0 Å². The van der Waals surface area contributed by atoms with Gasteiger partial charge in [-0.1, -0.05) is 60.2 Å². The predicted molar refractivity (Wildman–Crippen MR) is 111 cm³/mol. The molecule has 5 nitrogen and oxygen atoms in total. The summed E-state index contributed by atoms with van der Waals surface area (Å²) in [6.07, 6.45) is 7.72. The van der Waals surface area contributed by atoms with E-state index in [1.807, 2.05) is 6.07 Å². The molecule has 0 bridgehead atoms. The molecule has 0 heterocycles. The Labute approximate surface area is 170 Å². The Bertz CT molecular complexity index is 902. The first-order valence-electron chi connectivity index (χ1n) is 9.95. The van der Waals surface area contributed by atoms with E-state index in [0.29, 0.717) is 12.1 Å². The van der Waals surface area contributed by atoms with Gasteiger partial charge in [0.25, 0.3) is 5.91 Å². The van der Waals surface area contributed by atoms with Gasteiger partial charge in [-0.25, -0.2) is 4.79 Å². The van der Waals surface area contributed by atoms with E-state index in [1.165, 1.54) is 24.5 Å². The first-order chi connectivity index (χ1) is 14.1. The summed E-state index contributed by atoms with van der Waals surface area (Å²) >= 11 is 0. The monoisotopic (exact) mass is 391 g/mol. The minimum Gasteiger partial charge on any atom is -0.452 e. The second kappa shape index (κ2) is 10.4. The van der Waals surface area contributed by atoms with Crippen molar-refractivity contribution in [2.45, 2.75) is 32.1 Å². The Morgan fingerprint density at radius 3 is 2.34 bits per heavy atom. The van der Waals surface area contributed by atoms with Gasteiger partial charge in [0.15, 0.2) is 12.4 Å². The van der Waals surface area contributed by atoms with Gasteiger partial charge in [-0.15, -0.1) is 0 Å². The number of ketones is 1. The van der Waals surface area contributed by atoms with Crippen LogP contribution in [0.4, 0.5) is 0 Å². The first-order valence-corrected chi connectivity index (χ1v) is 9.95. The Kier molecular flexibility index (Phi) is 7.34. The lowest BCUT2D eigenvalue weighted by Gasteiger charge is -2.13. The fraction of sp³-hybridized carbons (Fsp3) is 0.292. The van der Waals surface area contributed by atoms with Crippen LogP contribution >= 0.6 is 0 Å². The molecule has 0 atom stereocenters. The van der Waals surface area contributed by atoms with Gasteiger partial charge in [0.1, 0.15) is 0 Å². The normalized spacial score (nSPS) is 13.3. The van der Waals surface area contributed by atoms with Crippen molar-refractivity contribution in [1.29, 1.82) is 0 Å². The van der Waals surface area contributed by atoms with Gasteiger partial charge >= 0.3 is 5.97 Å². The highest BCUT2D eigenvalue weighted by atomic mass is 16.5. The van der Waals surface area contributed by atoms with Gasteiger partial charge in [0.05, 0.1) is 5.56 Å². The standard InChI is InChI=1S/C24H25NO4/c26-22(25-16-15-18-9-3-1-4-10-18)17-29-24(28)21-14-8-7-13-20(21)23(27)19-11-5-2-6-12-19/h2,5-9,11-14H,1,3-4,10,15-17H2,(H,25,26). The maximum atomic E-state index is 12.7. The number of amides is 1. The number of allylic oxidation sites excluding steroid dienone is 1. The van der Waals surface area contributed by atoms with Crippen LogP contribution in [0.15, 0.2) is 66.2 Å². The smallest absolute Gasteiger partial charge is 0.339 e. The molecular weight excluding hydrogens is 366 g/mol. The molecule has 2 aromatic carbocycles. The number of rotatable bonds is 8. The number of benzene rings is 2. The molecule has 1 amide bonds. The van der Waals surface area contributed by atoms with E-state index in [9.17, 15) is 14.4 Å². The lowest BCUT2D eigenvalue weighted by atomic mass is 9.97. The zero-order valence-corrected chi connectivity index (χ0v) is 16.4. The van der Waals surface area contributed by atoms with Crippen LogP contribution in [-0.4, -0.2) is 30.8 Å². The molecule has 29 heavy (non-hydrogen) atoms. The van der Waals surface area contributed by atoms with Gasteiger partial charge in [-0.3, -0.25) is 9.59 Å². The summed E-state index contributed by atoms with van der Waals surface area (Å²) in [5.41, 5.74) is 2.28. The highest BCUT2D eigenvalue weighted by Gasteiger charge is 2.19. The third-order valence-electron chi connectivity index (χ3n) is 4.92. The second-order valence-electron chi connectivity index (χ2n) is 7.02. The molecule has 0 aromatic heterocycles. The Hall–Kier alpha value is -3.21. The van der Waals surface area contributed by atoms with Crippen molar-refractivity contribution in [3.8, 4) is 0 Å². The van der Waals surface area contributed by atoms with Gasteiger partial charge in [-0.2, -0.15) is 0 Å². The zero-order chi connectivity index (χ0) is 20.5. The van der Waals surface area contributed by atoms with Crippen LogP contribution in [0.5, 0.6) is 0 Å². The highest BCUT2D eigenvalue weighted by molar-refractivity contribution is 6.14. The average molecular weight is 391 g/mol. The van der Waals surface area contributed by atoms with Crippen LogP contribution in [0.1, 0.15) is 58.4 Å². The van der Waals surface area contributed by atoms with Gasteiger partial charge < -0.3 is 10.1 Å². The zero-order valence-electron chi connectivity index (χ0n) is 16.4. The SMILES string of the molecule is O=C(COC(=O)c1ccccc1C(=O)c1ccccc1)NCCC1=CCCCC1. The summed E-state index contributed by atoms with van der Waals surface area (Å²) in [5.74, 6) is -1.29. The number of ether oxygens (including phenoxy) is 1. The summed E-state index contributed by atoms with van der Waals surface area (Å²) in [4.78, 5) is 37.2. The van der Waals surface area contributed by atoms with E-state index in [2.05, 4.69) is 11.4 Å². The lowest BCUT2D eigenvalue weighted by molar-refractivity contribution is -0.124. The molecule has 0 radical (unpaired) electrons. The molecule has 150 valence electrons. The summed E-state index contributed by atoms with van der Waals surface area (Å²) in [7, 11) is 0. The van der Waals surface area contributed by atoms with E-state index in [0.717, 1.165) is 19.3 Å². The maximum Gasteiger partial charge on any atom is 0.339 e. The third-order valence-corrected chi connectivity index (χ3v) is 4.92. The van der Waals surface area contributed by atoms with Crippen LogP contribution in [0.3, 0.4) is 0 Å². The molecule has 5 heteroatoms. The molecule has 0 aliphatic heterocycles. The van der Waals surface area contributed by atoms with Crippen LogP contribution < -0.4 is 5.32 Å². The van der Waals surface area contributed by atoms with Crippen LogP contribution in [0.2, 0.25) is 0 Å². The number of carbonyl (C=O) groups excluding carboxylic acids is 3. The van der Waals surface area contributed by atoms with Crippen LogP contribution in [0.25, 0.3) is 0 Å². The molecule has 1 aliphatic carbocycles. The number of hydrogen-bond donors (Lipinski definition) is 1.